The van der Waals surface area contributed by atoms with Gasteiger partial charge < -0.3 is 9.64 Å². The minimum atomic E-state index is -0.458. The van der Waals surface area contributed by atoms with Gasteiger partial charge in [-0.15, -0.1) is 0 Å². The summed E-state index contributed by atoms with van der Waals surface area (Å²) in [5.74, 6) is -0.0756. The molecule has 0 atom stereocenters. The van der Waals surface area contributed by atoms with Crippen LogP contribution in [0.4, 0.5) is 0 Å². The first kappa shape index (κ1) is 11.9. The van der Waals surface area contributed by atoms with E-state index in [1.807, 2.05) is 19.9 Å². The highest BCUT2D eigenvalue weighted by molar-refractivity contribution is 5.77. The van der Waals surface area contributed by atoms with Gasteiger partial charge in [0.1, 0.15) is 6.54 Å². The van der Waals surface area contributed by atoms with Crippen molar-refractivity contribution in [3.8, 4) is 6.07 Å². The summed E-state index contributed by atoms with van der Waals surface area (Å²) in [4.78, 5) is 12.8. The maximum atomic E-state index is 11.4. The van der Waals surface area contributed by atoms with Crippen LogP contribution in [0.3, 0.4) is 0 Å². The van der Waals surface area contributed by atoms with Gasteiger partial charge in [0.05, 0.1) is 18.1 Å². The van der Waals surface area contributed by atoms with Crippen LogP contribution in [0.5, 0.6) is 0 Å². The molecule has 0 aromatic heterocycles. The number of rotatable bonds is 4. The van der Waals surface area contributed by atoms with Gasteiger partial charge in [-0.2, -0.15) is 5.26 Å². The van der Waals surface area contributed by atoms with E-state index in [1.165, 1.54) is 4.90 Å². The molecule has 0 aliphatic rings. The molecule has 0 fully saturated rings. The predicted molar refractivity (Wildman–Crippen MR) is 49.0 cm³/mol. The Morgan fingerprint density at radius 1 is 1.62 bits per heavy atom. The molecule has 13 heavy (non-hydrogen) atoms. The standard InChI is InChI=1S/C9H16N2O2/c1-9(2,13-4)7-8(12)11(3)6-5-10/h6-7H2,1-4H3. The van der Waals surface area contributed by atoms with Crippen molar-refractivity contribution in [2.45, 2.75) is 25.9 Å². The first-order valence-electron chi connectivity index (χ1n) is 4.09. The molecule has 0 rings (SSSR count). The van der Waals surface area contributed by atoms with Crippen molar-refractivity contribution >= 4 is 5.91 Å². The quantitative estimate of drug-likeness (QED) is 0.607. The maximum Gasteiger partial charge on any atom is 0.226 e. The average molecular weight is 184 g/mol. The third-order valence-electron chi connectivity index (χ3n) is 1.86. The van der Waals surface area contributed by atoms with Gasteiger partial charge in [-0.05, 0) is 13.8 Å². The molecule has 0 unspecified atom stereocenters. The van der Waals surface area contributed by atoms with Gasteiger partial charge >= 0.3 is 0 Å². The van der Waals surface area contributed by atoms with Crippen molar-refractivity contribution in [2.75, 3.05) is 20.7 Å². The minimum Gasteiger partial charge on any atom is -0.378 e. The van der Waals surface area contributed by atoms with Crippen molar-refractivity contribution in [1.29, 1.82) is 5.26 Å². The molecule has 0 radical (unpaired) electrons. The number of nitrogens with zero attached hydrogens (tertiary/aromatic N) is 2. The third kappa shape index (κ3) is 4.48. The number of ether oxygens (including phenoxy) is 1. The van der Waals surface area contributed by atoms with E-state index in [0.29, 0.717) is 6.42 Å². The third-order valence-corrected chi connectivity index (χ3v) is 1.86. The van der Waals surface area contributed by atoms with E-state index < -0.39 is 5.60 Å². The fourth-order valence-electron chi connectivity index (χ4n) is 0.766. The van der Waals surface area contributed by atoms with Gasteiger partial charge in [0.15, 0.2) is 0 Å². The van der Waals surface area contributed by atoms with Gasteiger partial charge in [0.2, 0.25) is 5.91 Å². The highest BCUT2D eigenvalue weighted by atomic mass is 16.5. The van der Waals surface area contributed by atoms with Crippen LogP contribution >= 0.6 is 0 Å². The molecule has 0 aliphatic carbocycles. The van der Waals surface area contributed by atoms with Crippen molar-refractivity contribution in [1.82, 2.24) is 4.90 Å². The molecular weight excluding hydrogens is 168 g/mol. The Hall–Kier alpha value is -1.08. The second-order valence-electron chi connectivity index (χ2n) is 3.55. The first-order chi connectivity index (χ1) is 5.93. The van der Waals surface area contributed by atoms with Crippen LogP contribution in [0.15, 0.2) is 0 Å². The number of methoxy groups -OCH3 is 1. The number of hydrogen-bond donors (Lipinski definition) is 0. The summed E-state index contributed by atoms with van der Waals surface area (Å²) in [7, 11) is 3.18. The predicted octanol–water partition coefficient (Wildman–Crippen LogP) is 0.783. The second kappa shape index (κ2) is 4.83. The van der Waals surface area contributed by atoms with Crippen molar-refractivity contribution in [3.05, 3.63) is 0 Å². The number of carbonyl (C=O) groups is 1. The van der Waals surface area contributed by atoms with Crippen LogP contribution in [0.2, 0.25) is 0 Å². The molecule has 1 amide bonds. The lowest BCUT2D eigenvalue weighted by Crippen LogP contribution is -2.35. The summed E-state index contributed by atoms with van der Waals surface area (Å²) < 4.78 is 5.11. The lowest BCUT2D eigenvalue weighted by atomic mass is 10.0. The fraction of sp³-hybridized carbons (Fsp3) is 0.778. The summed E-state index contributed by atoms with van der Waals surface area (Å²) in [6, 6.07) is 1.92. The van der Waals surface area contributed by atoms with Gasteiger partial charge in [-0.25, -0.2) is 0 Å². The highest BCUT2D eigenvalue weighted by Crippen LogP contribution is 2.13. The SMILES string of the molecule is COC(C)(C)CC(=O)N(C)CC#N. The van der Waals surface area contributed by atoms with E-state index in [1.54, 1.807) is 14.2 Å². The Kier molecular flexibility index (Phi) is 4.43. The average Bonchev–Trinajstić information content (AvgIpc) is 2.04. The highest BCUT2D eigenvalue weighted by Gasteiger charge is 2.22. The number of amides is 1. The van der Waals surface area contributed by atoms with E-state index in [2.05, 4.69) is 0 Å². The molecular formula is C9H16N2O2. The molecule has 4 heteroatoms. The summed E-state index contributed by atoms with van der Waals surface area (Å²) in [5.41, 5.74) is -0.458. The molecule has 0 aliphatic heterocycles. The normalized spacial score (nSPS) is 10.7. The Balaban J connectivity index is 4.08. The van der Waals surface area contributed by atoms with Crippen LogP contribution in [0.25, 0.3) is 0 Å². The molecule has 0 aromatic carbocycles. The van der Waals surface area contributed by atoms with E-state index in [0.717, 1.165) is 0 Å². The zero-order chi connectivity index (χ0) is 10.5. The van der Waals surface area contributed by atoms with E-state index in [9.17, 15) is 4.79 Å². The number of carbonyl (C=O) groups excluding carboxylic acids is 1. The molecule has 0 aromatic rings. The Bertz CT molecular complexity index is 218. The van der Waals surface area contributed by atoms with Crippen molar-refractivity contribution in [3.63, 3.8) is 0 Å². The minimum absolute atomic E-state index is 0.0756. The molecule has 0 heterocycles. The van der Waals surface area contributed by atoms with Gasteiger partial charge in [0.25, 0.3) is 0 Å². The molecule has 0 N–H and O–H groups in total. The largest absolute Gasteiger partial charge is 0.378 e. The van der Waals surface area contributed by atoms with Crippen LogP contribution in [-0.4, -0.2) is 37.1 Å². The van der Waals surface area contributed by atoms with Gasteiger partial charge in [-0.3, -0.25) is 4.79 Å². The van der Waals surface area contributed by atoms with Crippen molar-refractivity contribution in [2.24, 2.45) is 0 Å². The smallest absolute Gasteiger partial charge is 0.226 e. The zero-order valence-electron chi connectivity index (χ0n) is 8.63. The van der Waals surface area contributed by atoms with Crippen LogP contribution in [-0.2, 0) is 9.53 Å². The number of nitriles is 1. The molecule has 0 saturated heterocycles. The monoisotopic (exact) mass is 184 g/mol. The topological polar surface area (TPSA) is 53.3 Å². The summed E-state index contributed by atoms with van der Waals surface area (Å²) in [5, 5.41) is 8.37. The van der Waals surface area contributed by atoms with Gasteiger partial charge in [0, 0.05) is 14.2 Å². The van der Waals surface area contributed by atoms with Crippen molar-refractivity contribution < 1.29 is 9.53 Å². The van der Waals surface area contributed by atoms with E-state index in [-0.39, 0.29) is 12.5 Å². The Labute approximate surface area is 79.1 Å². The zero-order valence-corrected chi connectivity index (χ0v) is 8.63. The lowest BCUT2D eigenvalue weighted by Gasteiger charge is -2.24. The summed E-state index contributed by atoms with van der Waals surface area (Å²) >= 11 is 0. The first-order valence-corrected chi connectivity index (χ1v) is 4.09. The van der Waals surface area contributed by atoms with E-state index in [4.69, 9.17) is 10.00 Å². The molecule has 0 spiro atoms. The van der Waals surface area contributed by atoms with Crippen LogP contribution < -0.4 is 0 Å². The fourth-order valence-corrected chi connectivity index (χ4v) is 0.766. The Morgan fingerprint density at radius 3 is 2.54 bits per heavy atom. The number of hydrogen-bond acceptors (Lipinski definition) is 3. The lowest BCUT2D eigenvalue weighted by molar-refractivity contribution is -0.134. The maximum absolute atomic E-state index is 11.4. The van der Waals surface area contributed by atoms with Crippen LogP contribution in [0, 0.1) is 11.3 Å². The summed E-state index contributed by atoms with van der Waals surface area (Å²) in [6.45, 7) is 3.80. The second-order valence-corrected chi connectivity index (χ2v) is 3.55. The summed E-state index contributed by atoms with van der Waals surface area (Å²) in [6.07, 6.45) is 0.293. The molecule has 0 saturated carbocycles. The molecule has 4 nitrogen and oxygen atoms in total. The van der Waals surface area contributed by atoms with Gasteiger partial charge in [-0.1, -0.05) is 0 Å². The van der Waals surface area contributed by atoms with Crippen LogP contribution in [0.1, 0.15) is 20.3 Å². The molecule has 74 valence electrons. The van der Waals surface area contributed by atoms with E-state index >= 15 is 0 Å². The Morgan fingerprint density at radius 2 is 2.15 bits per heavy atom. The molecule has 0 bridgehead atoms.